The minimum atomic E-state index is 0.204. The van der Waals surface area contributed by atoms with Gasteiger partial charge in [-0.1, -0.05) is 0 Å². The van der Waals surface area contributed by atoms with E-state index >= 15 is 0 Å². The quantitative estimate of drug-likeness (QED) is 0.778. The first kappa shape index (κ1) is 14.2. The Morgan fingerprint density at radius 2 is 1.95 bits per heavy atom. The Hall–Kier alpha value is -1.77. The lowest BCUT2D eigenvalue weighted by atomic mass is 10.1. The van der Waals surface area contributed by atoms with Crippen LogP contribution < -0.4 is 4.74 Å². The van der Waals surface area contributed by atoms with E-state index in [0.29, 0.717) is 11.4 Å². The van der Waals surface area contributed by atoms with E-state index in [0.717, 1.165) is 39.6 Å². The number of fused-ring (bicyclic) bond motifs is 1. The molecule has 0 atom stereocenters. The fourth-order valence-electron chi connectivity index (χ4n) is 2.35. The molecule has 2 aromatic rings. The highest BCUT2D eigenvalue weighted by molar-refractivity contribution is 7.98. The van der Waals surface area contributed by atoms with Gasteiger partial charge in [0.2, 0.25) is 11.2 Å². The summed E-state index contributed by atoms with van der Waals surface area (Å²) in [5.41, 5.74) is 4.38. The average molecular weight is 318 g/mol. The molecular formula is C15H12ClN3OS. The summed E-state index contributed by atoms with van der Waals surface area (Å²) in [4.78, 5) is 8.46. The monoisotopic (exact) mass is 317 g/mol. The van der Waals surface area contributed by atoms with Crippen LogP contribution in [0.5, 0.6) is 11.6 Å². The second-order valence-electron chi connectivity index (χ2n) is 4.87. The first-order valence-corrected chi connectivity index (χ1v) is 7.94. The van der Waals surface area contributed by atoms with Gasteiger partial charge >= 0.3 is 0 Å². The van der Waals surface area contributed by atoms with Crippen LogP contribution in [0.15, 0.2) is 12.1 Å². The number of aromatic nitrogens is 2. The van der Waals surface area contributed by atoms with E-state index < -0.39 is 0 Å². The number of ether oxygens (including phenoxy) is 1. The summed E-state index contributed by atoms with van der Waals surface area (Å²) < 4.78 is 6.00. The molecule has 106 valence electrons. The second-order valence-corrected chi connectivity index (χ2v) is 6.19. The molecule has 2 heterocycles. The van der Waals surface area contributed by atoms with E-state index in [4.69, 9.17) is 21.6 Å². The van der Waals surface area contributed by atoms with Crippen LogP contribution in [-0.4, -0.2) is 9.97 Å². The van der Waals surface area contributed by atoms with Gasteiger partial charge in [-0.2, -0.15) is 22.0 Å². The molecule has 1 aliphatic rings. The standard InChI is InChI=1S/C15H12ClN3OS/c1-8-3-10(5-17)4-9(2)13(8)20-14-11-6-21-7-12(11)18-15(16)19-14/h3-4H,6-7H2,1-2H3. The predicted molar refractivity (Wildman–Crippen MR) is 82.7 cm³/mol. The summed E-state index contributed by atoms with van der Waals surface area (Å²) in [6, 6.07) is 5.76. The predicted octanol–water partition coefficient (Wildman–Crippen LogP) is 4.16. The summed E-state index contributed by atoms with van der Waals surface area (Å²) in [5.74, 6) is 2.91. The van der Waals surface area contributed by atoms with Crippen molar-refractivity contribution in [1.29, 1.82) is 5.26 Å². The Bertz CT molecular complexity index is 747. The third kappa shape index (κ3) is 2.69. The maximum atomic E-state index is 9.00. The maximum absolute atomic E-state index is 9.00. The number of halogens is 1. The minimum absolute atomic E-state index is 0.204. The topological polar surface area (TPSA) is 58.8 Å². The first-order valence-electron chi connectivity index (χ1n) is 6.40. The van der Waals surface area contributed by atoms with Crippen LogP contribution in [0.1, 0.15) is 27.9 Å². The van der Waals surface area contributed by atoms with Crippen molar-refractivity contribution in [1.82, 2.24) is 9.97 Å². The summed E-state index contributed by atoms with van der Waals surface area (Å²) in [6.45, 7) is 3.84. The van der Waals surface area contributed by atoms with Crippen LogP contribution in [-0.2, 0) is 11.5 Å². The molecule has 3 rings (SSSR count). The summed E-state index contributed by atoms with van der Waals surface area (Å²) in [5, 5.41) is 9.20. The number of aryl methyl sites for hydroxylation is 2. The molecule has 6 heteroatoms. The molecule has 1 aromatic heterocycles. The van der Waals surface area contributed by atoms with Crippen molar-refractivity contribution >= 4 is 23.4 Å². The van der Waals surface area contributed by atoms with Gasteiger partial charge in [-0.05, 0) is 48.7 Å². The smallest absolute Gasteiger partial charge is 0.227 e. The number of benzene rings is 1. The van der Waals surface area contributed by atoms with Crippen LogP contribution in [0.3, 0.4) is 0 Å². The Morgan fingerprint density at radius 3 is 2.62 bits per heavy atom. The van der Waals surface area contributed by atoms with E-state index in [2.05, 4.69) is 16.0 Å². The van der Waals surface area contributed by atoms with Gasteiger partial charge in [-0.25, -0.2) is 4.98 Å². The fraction of sp³-hybridized carbons (Fsp3) is 0.267. The van der Waals surface area contributed by atoms with Gasteiger partial charge in [0.05, 0.1) is 17.3 Å². The molecule has 1 aliphatic heterocycles. The van der Waals surface area contributed by atoms with Crippen LogP contribution in [0.25, 0.3) is 0 Å². The highest BCUT2D eigenvalue weighted by Crippen LogP contribution is 2.38. The van der Waals surface area contributed by atoms with Gasteiger partial charge in [0.1, 0.15) is 5.75 Å². The zero-order chi connectivity index (χ0) is 15.0. The molecule has 1 aromatic carbocycles. The molecular weight excluding hydrogens is 306 g/mol. The first-order chi connectivity index (χ1) is 10.1. The third-order valence-corrected chi connectivity index (χ3v) is 4.44. The van der Waals surface area contributed by atoms with Crippen LogP contribution in [0.4, 0.5) is 0 Å². The normalized spacial score (nSPS) is 12.9. The zero-order valence-corrected chi connectivity index (χ0v) is 13.2. The number of hydrogen-bond acceptors (Lipinski definition) is 5. The molecule has 0 radical (unpaired) electrons. The molecule has 0 bridgehead atoms. The molecule has 0 fully saturated rings. The summed E-state index contributed by atoms with van der Waals surface area (Å²) in [6.07, 6.45) is 0. The molecule has 0 saturated heterocycles. The van der Waals surface area contributed by atoms with Gasteiger partial charge < -0.3 is 4.74 Å². The van der Waals surface area contributed by atoms with Gasteiger partial charge in [0.15, 0.2) is 0 Å². The number of hydrogen-bond donors (Lipinski definition) is 0. The number of rotatable bonds is 2. The summed E-state index contributed by atoms with van der Waals surface area (Å²) in [7, 11) is 0. The summed E-state index contributed by atoms with van der Waals surface area (Å²) >= 11 is 7.73. The number of nitriles is 1. The Balaban J connectivity index is 2.04. The van der Waals surface area contributed by atoms with Crippen molar-refractivity contribution in [2.24, 2.45) is 0 Å². The van der Waals surface area contributed by atoms with Crippen molar-refractivity contribution in [3.05, 3.63) is 45.4 Å². The molecule has 0 N–H and O–H groups in total. The molecule has 0 aliphatic carbocycles. The van der Waals surface area contributed by atoms with E-state index in [-0.39, 0.29) is 5.28 Å². The molecule has 4 nitrogen and oxygen atoms in total. The van der Waals surface area contributed by atoms with Crippen LogP contribution >= 0.6 is 23.4 Å². The van der Waals surface area contributed by atoms with E-state index in [9.17, 15) is 0 Å². The average Bonchev–Trinajstić information content (AvgIpc) is 2.90. The van der Waals surface area contributed by atoms with Gasteiger partial charge in [-0.15, -0.1) is 0 Å². The molecule has 0 unspecified atom stereocenters. The zero-order valence-electron chi connectivity index (χ0n) is 11.6. The Morgan fingerprint density at radius 1 is 1.24 bits per heavy atom. The molecule has 21 heavy (non-hydrogen) atoms. The van der Waals surface area contributed by atoms with Gasteiger partial charge in [0.25, 0.3) is 0 Å². The highest BCUT2D eigenvalue weighted by Gasteiger charge is 2.22. The molecule has 0 saturated carbocycles. The molecule has 0 spiro atoms. The Labute approximate surface area is 132 Å². The van der Waals surface area contributed by atoms with Crippen LogP contribution in [0.2, 0.25) is 5.28 Å². The lowest BCUT2D eigenvalue weighted by molar-refractivity contribution is 0.449. The Kier molecular flexibility index (Phi) is 3.75. The van der Waals surface area contributed by atoms with Crippen molar-refractivity contribution < 1.29 is 4.74 Å². The van der Waals surface area contributed by atoms with E-state index in [1.807, 2.05) is 13.8 Å². The second kappa shape index (κ2) is 5.55. The van der Waals surface area contributed by atoms with Gasteiger partial charge in [-0.3, -0.25) is 0 Å². The lowest BCUT2D eigenvalue weighted by Crippen LogP contribution is -2.00. The van der Waals surface area contributed by atoms with Crippen molar-refractivity contribution in [2.75, 3.05) is 0 Å². The van der Waals surface area contributed by atoms with E-state index in [1.165, 1.54) is 0 Å². The maximum Gasteiger partial charge on any atom is 0.227 e. The number of nitrogens with zero attached hydrogens (tertiary/aromatic N) is 3. The molecule has 0 amide bonds. The third-order valence-electron chi connectivity index (χ3n) is 3.30. The van der Waals surface area contributed by atoms with Crippen molar-refractivity contribution in [3.63, 3.8) is 0 Å². The number of thioether (sulfide) groups is 1. The minimum Gasteiger partial charge on any atom is -0.438 e. The van der Waals surface area contributed by atoms with E-state index in [1.54, 1.807) is 23.9 Å². The largest absolute Gasteiger partial charge is 0.438 e. The van der Waals surface area contributed by atoms with Crippen LogP contribution in [0, 0.1) is 25.2 Å². The lowest BCUT2D eigenvalue weighted by Gasteiger charge is -2.13. The van der Waals surface area contributed by atoms with Crippen molar-refractivity contribution in [3.8, 4) is 17.7 Å². The SMILES string of the molecule is Cc1cc(C#N)cc(C)c1Oc1nc(Cl)nc2c1CSC2. The highest BCUT2D eigenvalue weighted by atomic mass is 35.5. The fourth-order valence-corrected chi connectivity index (χ4v) is 3.56. The van der Waals surface area contributed by atoms with Crippen molar-refractivity contribution in [2.45, 2.75) is 25.4 Å². The van der Waals surface area contributed by atoms with Gasteiger partial charge in [0, 0.05) is 17.1 Å².